The van der Waals surface area contributed by atoms with E-state index in [0.717, 1.165) is 15.6 Å². The molecule has 0 unspecified atom stereocenters. The van der Waals surface area contributed by atoms with Crippen molar-refractivity contribution in [3.05, 3.63) is 64.1 Å². The first-order chi connectivity index (χ1) is 10.6. The van der Waals surface area contributed by atoms with E-state index in [1.54, 1.807) is 6.92 Å². The van der Waals surface area contributed by atoms with Crippen molar-refractivity contribution in [1.82, 2.24) is 5.32 Å². The molecule has 3 N–H and O–H groups in total. The number of hydrogen-bond acceptors (Lipinski definition) is 4. The van der Waals surface area contributed by atoms with Crippen molar-refractivity contribution in [3.63, 3.8) is 0 Å². The Kier molecular flexibility index (Phi) is 5.98. The number of ether oxygens (including phenoxy) is 1. The summed E-state index contributed by atoms with van der Waals surface area (Å²) in [7, 11) is 0. The standard InChI is InChI=1S/C17H19BrN2O2/c1-2-22-16(21)11-20-17(12-6-4-3-5-7-12)14-10-13(18)8-9-15(14)19/h3-10,17,20H,2,11,19H2,1H3/t17-/m1/s1. The highest BCUT2D eigenvalue weighted by Crippen LogP contribution is 2.29. The summed E-state index contributed by atoms with van der Waals surface area (Å²) < 4.78 is 5.92. The Labute approximate surface area is 138 Å². The smallest absolute Gasteiger partial charge is 0.319 e. The molecule has 2 aromatic rings. The molecule has 2 rings (SSSR count). The van der Waals surface area contributed by atoms with Crippen LogP contribution in [0.2, 0.25) is 0 Å². The maximum Gasteiger partial charge on any atom is 0.319 e. The van der Waals surface area contributed by atoms with Crippen molar-refractivity contribution in [2.24, 2.45) is 0 Å². The minimum Gasteiger partial charge on any atom is -0.465 e. The van der Waals surface area contributed by atoms with Gasteiger partial charge in [0.05, 0.1) is 19.2 Å². The molecule has 5 heteroatoms. The summed E-state index contributed by atoms with van der Waals surface area (Å²) in [4.78, 5) is 11.6. The SMILES string of the molecule is CCOC(=O)CN[C@H](c1ccccc1)c1cc(Br)ccc1N. The van der Waals surface area contributed by atoms with Gasteiger partial charge in [-0.3, -0.25) is 10.1 Å². The van der Waals surface area contributed by atoms with Gasteiger partial charge in [-0.05, 0) is 36.2 Å². The maximum atomic E-state index is 11.6. The Morgan fingerprint density at radius 2 is 2.00 bits per heavy atom. The van der Waals surface area contributed by atoms with E-state index in [-0.39, 0.29) is 18.6 Å². The van der Waals surface area contributed by atoms with Gasteiger partial charge in [0, 0.05) is 10.2 Å². The van der Waals surface area contributed by atoms with Gasteiger partial charge in [0.2, 0.25) is 0 Å². The quantitative estimate of drug-likeness (QED) is 0.611. The van der Waals surface area contributed by atoms with Gasteiger partial charge in [0.15, 0.2) is 0 Å². The van der Waals surface area contributed by atoms with E-state index in [9.17, 15) is 4.79 Å². The topological polar surface area (TPSA) is 64.3 Å². The average molecular weight is 363 g/mol. The Balaban J connectivity index is 2.29. The van der Waals surface area contributed by atoms with E-state index in [4.69, 9.17) is 10.5 Å². The molecule has 116 valence electrons. The van der Waals surface area contributed by atoms with Gasteiger partial charge in [-0.25, -0.2) is 0 Å². The van der Waals surface area contributed by atoms with E-state index in [1.165, 1.54) is 0 Å². The van der Waals surface area contributed by atoms with Crippen LogP contribution in [0.4, 0.5) is 5.69 Å². The number of halogens is 1. The molecule has 1 atom stereocenters. The molecular weight excluding hydrogens is 344 g/mol. The zero-order valence-electron chi connectivity index (χ0n) is 12.4. The number of carbonyl (C=O) groups is 1. The fourth-order valence-electron chi connectivity index (χ4n) is 2.25. The lowest BCUT2D eigenvalue weighted by Gasteiger charge is -2.21. The van der Waals surface area contributed by atoms with Crippen LogP contribution in [0.5, 0.6) is 0 Å². The predicted molar refractivity (Wildman–Crippen MR) is 91.5 cm³/mol. The number of anilines is 1. The molecule has 0 amide bonds. The van der Waals surface area contributed by atoms with Crippen molar-refractivity contribution < 1.29 is 9.53 Å². The van der Waals surface area contributed by atoms with E-state index in [1.807, 2.05) is 48.5 Å². The summed E-state index contributed by atoms with van der Waals surface area (Å²) in [5, 5.41) is 3.23. The van der Waals surface area contributed by atoms with E-state index < -0.39 is 0 Å². The van der Waals surface area contributed by atoms with E-state index in [0.29, 0.717) is 12.3 Å². The number of nitrogens with one attached hydrogen (secondary N) is 1. The van der Waals surface area contributed by atoms with Gasteiger partial charge >= 0.3 is 5.97 Å². The van der Waals surface area contributed by atoms with E-state index in [2.05, 4.69) is 21.2 Å². The zero-order chi connectivity index (χ0) is 15.9. The lowest BCUT2D eigenvalue weighted by molar-refractivity contribution is -0.142. The molecule has 0 aromatic heterocycles. The molecule has 0 spiro atoms. The number of carbonyl (C=O) groups excluding carboxylic acids is 1. The Morgan fingerprint density at radius 3 is 2.68 bits per heavy atom. The van der Waals surface area contributed by atoms with Crippen LogP contribution in [0.1, 0.15) is 24.1 Å². The molecule has 22 heavy (non-hydrogen) atoms. The van der Waals surface area contributed by atoms with Crippen molar-refractivity contribution in [3.8, 4) is 0 Å². The molecule has 0 saturated carbocycles. The second-order valence-electron chi connectivity index (χ2n) is 4.80. The molecule has 0 fully saturated rings. The van der Waals surface area contributed by atoms with Gasteiger partial charge in [0.25, 0.3) is 0 Å². The number of rotatable bonds is 6. The zero-order valence-corrected chi connectivity index (χ0v) is 14.0. The summed E-state index contributed by atoms with van der Waals surface area (Å²) in [6.45, 7) is 2.29. The Bertz CT molecular complexity index is 632. The second-order valence-corrected chi connectivity index (χ2v) is 5.72. The van der Waals surface area contributed by atoms with Crippen LogP contribution < -0.4 is 11.1 Å². The Hall–Kier alpha value is -1.85. The van der Waals surface area contributed by atoms with E-state index >= 15 is 0 Å². The molecule has 2 aromatic carbocycles. The van der Waals surface area contributed by atoms with Gasteiger partial charge in [-0.1, -0.05) is 46.3 Å². The molecular formula is C17H19BrN2O2. The summed E-state index contributed by atoms with van der Waals surface area (Å²) >= 11 is 3.47. The fourth-order valence-corrected chi connectivity index (χ4v) is 2.62. The molecule has 0 saturated heterocycles. The minimum absolute atomic E-state index is 0.124. The molecule has 0 heterocycles. The van der Waals surface area contributed by atoms with Gasteiger partial charge in [0.1, 0.15) is 0 Å². The fraction of sp³-hybridized carbons (Fsp3) is 0.235. The summed E-state index contributed by atoms with van der Waals surface area (Å²) in [6.07, 6.45) is 0. The average Bonchev–Trinajstić information content (AvgIpc) is 2.52. The van der Waals surface area contributed by atoms with Crippen LogP contribution in [0, 0.1) is 0 Å². The number of nitrogens with two attached hydrogens (primary N) is 1. The second kappa shape index (κ2) is 7.96. The third kappa shape index (κ3) is 4.32. The van der Waals surface area contributed by atoms with Gasteiger partial charge in [-0.2, -0.15) is 0 Å². The van der Waals surface area contributed by atoms with Crippen molar-refractivity contribution in [1.29, 1.82) is 0 Å². The van der Waals surface area contributed by atoms with Gasteiger partial charge in [-0.15, -0.1) is 0 Å². The number of esters is 1. The molecule has 0 radical (unpaired) electrons. The number of nitrogen functional groups attached to an aromatic ring is 1. The van der Waals surface area contributed by atoms with Crippen LogP contribution in [-0.4, -0.2) is 19.1 Å². The van der Waals surface area contributed by atoms with Gasteiger partial charge < -0.3 is 10.5 Å². The third-order valence-electron chi connectivity index (χ3n) is 3.25. The van der Waals surface area contributed by atoms with Crippen LogP contribution in [0.25, 0.3) is 0 Å². The first-order valence-corrected chi connectivity index (χ1v) is 7.90. The normalized spacial score (nSPS) is 11.9. The number of benzene rings is 2. The highest BCUT2D eigenvalue weighted by atomic mass is 79.9. The maximum absolute atomic E-state index is 11.6. The van der Waals surface area contributed by atoms with Crippen LogP contribution in [0.3, 0.4) is 0 Å². The highest BCUT2D eigenvalue weighted by molar-refractivity contribution is 9.10. The molecule has 4 nitrogen and oxygen atoms in total. The first-order valence-electron chi connectivity index (χ1n) is 7.10. The molecule has 0 aliphatic heterocycles. The minimum atomic E-state index is -0.281. The predicted octanol–water partition coefficient (Wildman–Crippen LogP) is 3.27. The molecule has 0 aliphatic rings. The Morgan fingerprint density at radius 1 is 1.27 bits per heavy atom. The van der Waals surface area contributed by atoms with Crippen molar-refractivity contribution in [2.75, 3.05) is 18.9 Å². The monoisotopic (exact) mass is 362 g/mol. The largest absolute Gasteiger partial charge is 0.465 e. The van der Waals surface area contributed by atoms with Crippen molar-refractivity contribution >= 4 is 27.6 Å². The van der Waals surface area contributed by atoms with Crippen LogP contribution in [0.15, 0.2) is 53.0 Å². The highest BCUT2D eigenvalue weighted by Gasteiger charge is 2.18. The van der Waals surface area contributed by atoms with Crippen LogP contribution in [-0.2, 0) is 9.53 Å². The summed E-state index contributed by atoms with van der Waals surface area (Å²) in [5.74, 6) is -0.281. The lowest BCUT2D eigenvalue weighted by Crippen LogP contribution is -2.30. The lowest BCUT2D eigenvalue weighted by atomic mass is 9.97. The molecule has 0 aliphatic carbocycles. The van der Waals surface area contributed by atoms with Crippen LogP contribution >= 0.6 is 15.9 Å². The number of hydrogen-bond donors (Lipinski definition) is 2. The first kappa shape index (κ1) is 16.5. The summed E-state index contributed by atoms with van der Waals surface area (Å²) in [6, 6.07) is 15.4. The van der Waals surface area contributed by atoms with Crippen molar-refractivity contribution in [2.45, 2.75) is 13.0 Å². The summed E-state index contributed by atoms with van der Waals surface area (Å²) in [5.41, 5.74) is 8.75. The molecule has 0 bridgehead atoms. The third-order valence-corrected chi connectivity index (χ3v) is 3.74.